The van der Waals surface area contributed by atoms with Gasteiger partial charge in [-0.1, -0.05) is 0 Å². The summed E-state index contributed by atoms with van der Waals surface area (Å²) in [6.07, 6.45) is 7.99. The third-order valence-electron chi connectivity index (χ3n) is 6.69. The van der Waals surface area contributed by atoms with E-state index in [9.17, 15) is 9.50 Å². The van der Waals surface area contributed by atoms with Crippen molar-refractivity contribution in [2.45, 2.75) is 57.3 Å². The molecule has 0 unspecified atom stereocenters. The van der Waals surface area contributed by atoms with Crippen LogP contribution in [0.4, 0.5) is 21.7 Å². The van der Waals surface area contributed by atoms with Gasteiger partial charge in [0.05, 0.1) is 30.4 Å². The molecule has 3 N–H and O–H groups in total. The molecule has 0 atom stereocenters. The molecule has 2 aromatic heterocycles. The van der Waals surface area contributed by atoms with Crippen LogP contribution in [-0.2, 0) is 4.74 Å². The Bertz CT molecular complexity index is 1210. The Balaban J connectivity index is 1.22. The number of nitrogens with zero attached hydrogens (tertiary/aromatic N) is 5. The second-order valence-corrected chi connectivity index (χ2v) is 10.3. The van der Waals surface area contributed by atoms with E-state index < -0.39 is 11.4 Å². The van der Waals surface area contributed by atoms with Crippen LogP contribution in [0.5, 0.6) is 5.75 Å². The van der Waals surface area contributed by atoms with Gasteiger partial charge >= 0.3 is 0 Å². The normalized spacial score (nSPS) is 20.6. The van der Waals surface area contributed by atoms with E-state index in [1.807, 2.05) is 0 Å². The number of fused-ring (bicyclic) bond motifs is 1. The van der Waals surface area contributed by atoms with E-state index in [1.165, 1.54) is 6.33 Å². The minimum absolute atomic E-state index is 0.0301. The topological polar surface area (TPSA) is 118 Å². The van der Waals surface area contributed by atoms with Crippen LogP contribution in [0, 0.1) is 5.82 Å². The number of rotatable bonds is 8. The van der Waals surface area contributed by atoms with Crippen LogP contribution < -0.4 is 20.3 Å². The highest BCUT2D eigenvalue weighted by Gasteiger charge is 2.26. The Hall–Kier alpha value is -3.31. The number of morpholine rings is 1. The van der Waals surface area contributed by atoms with E-state index >= 15 is 0 Å². The monoisotopic (exact) mass is 511 g/mol. The number of ether oxygens (including phenoxy) is 2. The fraction of sp³-hybridized carbons (Fsp3) is 0.538. The van der Waals surface area contributed by atoms with E-state index in [-0.39, 0.29) is 30.3 Å². The molecule has 198 valence electrons. The molecule has 5 rings (SSSR count). The first-order chi connectivity index (χ1) is 17.9. The summed E-state index contributed by atoms with van der Waals surface area (Å²) in [6.45, 7) is 6.53. The Kier molecular flexibility index (Phi) is 7.52. The smallest absolute Gasteiger partial charge is 0.207 e. The predicted octanol–water partition coefficient (Wildman–Crippen LogP) is 3.38. The number of aromatic nitrogens is 4. The zero-order valence-corrected chi connectivity index (χ0v) is 21.3. The van der Waals surface area contributed by atoms with Gasteiger partial charge in [0.25, 0.3) is 0 Å². The zero-order valence-electron chi connectivity index (χ0n) is 21.3. The van der Waals surface area contributed by atoms with Crippen LogP contribution in [0.3, 0.4) is 0 Å². The molecule has 2 fully saturated rings. The van der Waals surface area contributed by atoms with Gasteiger partial charge in [-0.15, -0.1) is 0 Å². The summed E-state index contributed by atoms with van der Waals surface area (Å²) in [5, 5.41) is 16.0. The molecule has 1 aromatic carbocycles. The van der Waals surface area contributed by atoms with Crippen molar-refractivity contribution < 1.29 is 19.0 Å². The summed E-state index contributed by atoms with van der Waals surface area (Å²) in [7, 11) is 0. The highest BCUT2D eigenvalue weighted by Crippen LogP contribution is 2.33. The van der Waals surface area contributed by atoms with E-state index in [4.69, 9.17) is 9.47 Å². The van der Waals surface area contributed by atoms with E-state index in [2.05, 4.69) is 47.6 Å². The Morgan fingerprint density at radius 1 is 1.05 bits per heavy atom. The number of hydrogen-bond donors (Lipinski definition) is 3. The number of nitrogens with one attached hydrogen (secondary N) is 2. The van der Waals surface area contributed by atoms with E-state index in [0.29, 0.717) is 13.2 Å². The Morgan fingerprint density at radius 2 is 1.78 bits per heavy atom. The first kappa shape index (κ1) is 25.3. The molecular formula is C26H34FN7O3. The molecule has 1 saturated carbocycles. The predicted molar refractivity (Wildman–Crippen MR) is 140 cm³/mol. The largest absolute Gasteiger partial charge is 0.488 e. The molecule has 0 bridgehead atoms. The maximum atomic E-state index is 14.9. The lowest BCUT2D eigenvalue weighted by atomic mass is 9.93. The van der Waals surface area contributed by atoms with Gasteiger partial charge in [-0.3, -0.25) is 4.98 Å². The lowest BCUT2D eigenvalue weighted by Crippen LogP contribution is -2.36. The van der Waals surface area contributed by atoms with Crippen LogP contribution in [0.2, 0.25) is 0 Å². The van der Waals surface area contributed by atoms with Crippen molar-refractivity contribution in [3.8, 4) is 5.75 Å². The second kappa shape index (κ2) is 11.0. The molecule has 37 heavy (non-hydrogen) atoms. The van der Waals surface area contributed by atoms with Gasteiger partial charge in [0.1, 0.15) is 17.6 Å². The Morgan fingerprint density at radius 3 is 2.54 bits per heavy atom. The molecule has 1 aliphatic heterocycles. The van der Waals surface area contributed by atoms with E-state index in [1.54, 1.807) is 26.2 Å². The lowest BCUT2D eigenvalue weighted by Gasteiger charge is -2.31. The van der Waals surface area contributed by atoms with Gasteiger partial charge in [0.15, 0.2) is 11.6 Å². The number of anilines is 3. The maximum Gasteiger partial charge on any atom is 0.207 e. The van der Waals surface area contributed by atoms with Crippen molar-refractivity contribution in [3.63, 3.8) is 0 Å². The third-order valence-corrected chi connectivity index (χ3v) is 6.69. The summed E-state index contributed by atoms with van der Waals surface area (Å²) >= 11 is 0. The van der Waals surface area contributed by atoms with Crippen LogP contribution in [0.1, 0.15) is 39.5 Å². The fourth-order valence-electron chi connectivity index (χ4n) is 4.71. The van der Waals surface area contributed by atoms with Gasteiger partial charge in [-0.05, 0) is 45.6 Å². The summed E-state index contributed by atoms with van der Waals surface area (Å²) in [5.41, 5.74) is 1.65. The molecule has 0 amide bonds. The summed E-state index contributed by atoms with van der Waals surface area (Å²) in [4.78, 5) is 19.4. The molecule has 3 aromatic rings. The van der Waals surface area contributed by atoms with Crippen molar-refractivity contribution in [2.24, 2.45) is 0 Å². The third kappa shape index (κ3) is 6.34. The van der Waals surface area contributed by atoms with Crippen LogP contribution in [0.15, 0.2) is 30.9 Å². The molecule has 0 radical (unpaired) electrons. The van der Waals surface area contributed by atoms with Gasteiger partial charge < -0.3 is 30.1 Å². The SMILES string of the molecule is CC(C)(O)CNc1ncnc(NC2CCC(Oc3cc(N4CCOCC4)cc4nccnc34)CC2)c1F. The molecule has 0 spiro atoms. The van der Waals surface area contributed by atoms with Crippen molar-refractivity contribution in [1.29, 1.82) is 0 Å². The van der Waals surface area contributed by atoms with Crippen LogP contribution in [0.25, 0.3) is 11.0 Å². The molecule has 3 heterocycles. The van der Waals surface area contributed by atoms with Crippen LogP contribution >= 0.6 is 0 Å². The van der Waals surface area contributed by atoms with Crippen molar-refractivity contribution in [3.05, 3.63) is 36.7 Å². The average Bonchev–Trinajstić information content (AvgIpc) is 2.90. The summed E-state index contributed by atoms with van der Waals surface area (Å²) in [5.74, 6) is 0.435. The highest BCUT2D eigenvalue weighted by molar-refractivity contribution is 5.85. The molecule has 11 heteroatoms. The number of halogens is 1. The number of hydrogen-bond acceptors (Lipinski definition) is 10. The minimum Gasteiger partial charge on any atom is -0.488 e. The Labute approximate surface area is 215 Å². The van der Waals surface area contributed by atoms with Gasteiger partial charge in [0.2, 0.25) is 5.82 Å². The molecule has 1 aliphatic carbocycles. The van der Waals surface area contributed by atoms with Gasteiger partial charge in [-0.2, -0.15) is 4.39 Å². The number of aliphatic hydroxyl groups is 1. The quantitative estimate of drug-likeness (QED) is 0.415. The standard InChI is InChI=1S/C26H34FN7O3/c1-26(2,35)15-30-24-22(27)25(32-16-31-24)33-17-3-5-19(6-4-17)37-21-14-18(34-9-11-36-12-10-34)13-20-23(21)29-8-7-28-20/h7-8,13-14,16-17,19,35H,3-6,9-12,15H2,1-2H3,(H2,30,31,32,33). The number of benzene rings is 1. The van der Waals surface area contributed by atoms with Crippen molar-refractivity contribution in [2.75, 3.05) is 48.4 Å². The van der Waals surface area contributed by atoms with Crippen molar-refractivity contribution in [1.82, 2.24) is 19.9 Å². The molecule has 1 saturated heterocycles. The zero-order chi connectivity index (χ0) is 25.8. The second-order valence-electron chi connectivity index (χ2n) is 10.3. The summed E-state index contributed by atoms with van der Waals surface area (Å²) < 4.78 is 26.9. The average molecular weight is 512 g/mol. The van der Waals surface area contributed by atoms with Gasteiger partial charge in [-0.25, -0.2) is 15.0 Å². The van der Waals surface area contributed by atoms with E-state index in [0.717, 1.165) is 61.2 Å². The van der Waals surface area contributed by atoms with Crippen molar-refractivity contribution >= 4 is 28.4 Å². The fourth-order valence-corrected chi connectivity index (χ4v) is 4.71. The lowest BCUT2D eigenvalue weighted by molar-refractivity contribution is 0.0943. The first-order valence-electron chi connectivity index (χ1n) is 12.8. The minimum atomic E-state index is -0.984. The first-order valence-corrected chi connectivity index (χ1v) is 12.8. The highest BCUT2D eigenvalue weighted by atomic mass is 19.1. The van der Waals surface area contributed by atoms with Crippen LogP contribution in [-0.4, -0.2) is 75.6 Å². The molecule has 2 aliphatic rings. The molecule has 10 nitrogen and oxygen atoms in total. The molecular weight excluding hydrogens is 477 g/mol. The maximum absolute atomic E-state index is 14.9. The van der Waals surface area contributed by atoms with Gasteiger partial charge in [0, 0.05) is 49.8 Å². The summed E-state index contributed by atoms with van der Waals surface area (Å²) in [6, 6.07) is 4.19.